The van der Waals surface area contributed by atoms with Crippen molar-refractivity contribution in [2.45, 2.75) is 6.61 Å². The van der Waals surface area contributed by atoms with E-state index in [1.54, 1.807) is 6.07 Å². The van der Waals surface area contributed by atoms with E-state index in [0.29, 0.717) is 12.1 Å². The Morgan fingerprint density at radius 1 is 0.783 bits per heavy atom. The Labute approximate surface area is 133 Å². The monoisotopic (exact) mass is 301 g/mol. The zero-order valence-electron chi connectivity index (χ0n) is 12.4. The van der Waals surface area contributed by atoms with Crippen molar-refractivity contribution in [2.24, 2.45) is 0 Å². The third kappa shape index (κ3) is 2.69. The van der Waals surface area contributed by atoms with E-state index >= 15 is 0 Å². The molecular formula is C20H15NO2. The molecule has 0 spiro atoms. The van der Waals surface area contributed by atoms with Gasteiger partial charge in [0.25, 0.3) is 0 Å². The largest absolute Gasteiger partial charge is 0.506 e. The van der Waals surface area contributed by atoms with Gasteiger partial charge in [0.05, 0.1) is 5.69 Å². The number of nitrogens with zero attached hydrogens (tertiary/aromatic N) is 1. The first kappa shape index (κ1) is 13.6. The molecule has 4 aromatic rings. The van der Waals surface area contributed by atoms with Crippen LogP contribution in [0, 0.1) is 0 Å². The van der Waals surface area contributed by atoms with Crippen LogP contribution < -0.4 is 4.74 Å². The lowest BCUT2D eigenvalue weighted by Crippen LogP contribution is -1.98. The smallest absolute Gasteiger partial charge is 0.141 e. The normalized spacial score (nSPS) is 11.0. The molecule has 0 aliphatic rings. The van der Waals surface area contributed by atoms with Gasteiger partial charge < -0.3 is 9.84 Å². The van der Waals surface area contributed by atoms with Gasteiger partial charge in [-0.2, -0.15) is 0 Å². The number of phenols is 1. The van der Waals surface area contributed by atoms with Crippen LogP contribution in [-0.4, -0.2) is 10.1 Å². The van der Waals surface area contributed by atoms with Crippen molar-refractivity contribution < 1.29 is 9.84 Å². The number of hydrogen-bond acceptors (Lipinski definition) is 3. The Hall–Kier alpha value is -3.07. The molecule has 0 fully saturated rings. The van der Waals surface area contributed by atoms with Crippen molar-refractivity contribution in [3.05, 3.63) is 78.5 Å². The molecule has 0 atom stereocenters. The lowest BCUT2D eigenvalue weighted by Gasteiger charge is -2.08. The van der Waals surface area contributed by atoms with E-state index < -0.39 is 0 Å². The third-order valence-corrected chi connectivity index (χ3v) is 3.86. The van der Waals surface area contributed by atoms with Gasteiger partial charge in [-0.3, -0.25) is 0 Å². The SMILES string of the molecule is Oc1cccc2ccc(COc3ccc4ccccc4c3)nc12. The summed E-state index contributed by atoms with van der Waals surface area (Å²) in [5.41, 5.74) is 1.39. The van der Waals surface area contributed by atoms with Gasteiger partial charge in [0.15, 0.2) is 0 Å². The minimum Gasteiger partial charge on any atom is -0.506 e. The summed E-state index contributed by atoms with van der Waals surface area (Å²) in [6.07, 6.45) is 0. The van der Waals surface area contributed by atoms with Crippen LogP contribution in [0.4, 0.5) is 0 Å². The predicted octanol–water partition coefficient (Wildman–Crippen LogP) is 4.67. The van der Waals surface area contributed by atoms with E-state index in [4.69, 9.17) is 4.74 Å². The van der Waals surface area contributed by atoms with Crippen molar-refractivity contribution in [3.8, 4) is 11.5 Å². The molecule has 0 unspecified atom stereocenters. The molecule has 0 aliphatic heterocycles. The minimum absolute atomic E-state index is 0.190. The summed E-state index contributed by atoms with van der Waals surface area (Å²) in [7, 11) is 0. The van der Waals surface area contributed by atoms with Crippen molar-refractivity contribution in [2.75, 3.05) is 0 Å². The summed E-state index contributed by atoms with van der Waals surface area (Å²) in [6, 6.07) is 23.4. The summed E-state index contributed by atoms with van der Waals surface area (Å²) in [6.45, 7) is 0.364. The fourth-order valence-corrected chi connectivity index (χ4v) is 2.67. The predicted molar refractivity (Wildman–Crippen MR) is 91.7 cm³/mol. The molecular weight excluding hydrogens is 286 g/mol. The standard InChI is InChI=1S/C20H15NO2/c22-19-7-3-6-15-8-10-17(21-20(15)19)13-23-18-11-9-14-4-1-2-5-16(14)12-18/h1-12,22H,13H2. The summed E-state index contributed by atoms with van der Waals surface area (Å²) in [5, 5.41) is 13.1. The van der Waals surface area contributed by atoms with E-state index in [0.717, 1.165) is 22.2 Å². The molecule has 1 N–H and O–H groups in total. The number of hydrogen-bond donors (Lipinski definition) is 1. The quantitative estimate of drug-likeness (QED) is 0.598. The van der Waals surface area contributed by atoms with Crippen molar-refractivity contribution in [1.82, 2.24) is 4.98 Å². The average molecular weight is 301 g/mol. The molecule has 0 saturated carbocycles. The highest BCUT2D eigenvalue weighted by molar-refractivity contribution is 5.84. The summed E-state index contributed by atoms with van der Waals surface area (Å²) >= 11 is 0. The number of aromatic nitrogens is 1. The minimum atomic E-state index is 0.190. The second kappa shape index (κ2) is 5.61. The zero-order chi connectivity index (χ0) is 15.6. The van der Waals surface area contributed by atoms with Crippen molar-refractivity contribution >= 4 is 21.7 Å². The molecule has 1 aromatic heterocycles. The van der Waals surface area contributed by atoms with E-state index in [1.165, 1.54) is 5.39 Å². The van der Waals surface area contributed by atoms with E-state index in [2.05, 4.69) is 17.1 Å². The number of aromatic hydroxyl groups is 1. The average Bonchev–Trinajstić information content (AvgIpc) is 2.60. The number of rotatable bonds is 3. The fourth-order valence-electron chi connectivity index (χ4n) is 2.67. The second-order valence-electron chi connectivity index (χ2n) is 5.45. The Balaban J connectivity index is 1.59. The Morgan fingerprint density at radius 3 is 2.48 bits per heavy atom. The van der Waals surface area contributed by atoms with Gasteiger partial charge in [0.1, 0.15) is 23.6 Å². The summed E-state index contributed by atoms with van der Waals surface area (Å²) in [4.78, 5) is 4.48. The maximum Gasteiger partial charge on any atom is 0.141 e. The molecule has 0 amide bonds. The van der Waals surface area contributed by atoms with E-state index in [9.17, 15) is 5.11 Å². The number of pyridine rings is 1. The number of fused-ring (bicyclic) bond motifs is 2. The van der Waals surface area contributed by atoms with E-state index in [-0.39, 0.29) is 5.75 Å². The van der Waals surface area contributed by atoms with Crippen LogP contribution in [0.1, 0.15) is 5.69 Å². The fraction of sp³-hybridized carbons (Fsp3) is 0.0500. The molecule has 3 nitrogen and oxygen atoms in total. The number of phenolic OH excluding ortho intramolecular Hbond substituents is 1. The molecule has 0 aliphatic carbocycles. The van der Waals surface area contributed by atoms with Crippen LogP contribution in [0.25, 0.3) is 21.7 Å². The summed E-state index contributed by atoms with van der Waals surface area (Å²) in [5.74, 6) is 0.998. The van der Waals surface area contributed by atoms with Crippen molar-refractivity contribution in [1.29, 1.82) is 0 Å². The molecule has 0 saturated heterocycles. The second-order valence-corrected chi connectivity index (χ2v) is 5.45. The van der Waals surface area contributed by atoms with Gasteiger partial charge in [-0.1, -0.05) is 48.5 Å². The number of ether oxygens (including phenoxy) is 1. The number of benzene rings is 3. The molecule has 0 radical (unpaired) electrons. The van der Waals surface area contributed by atoms with Gasteiger partial charge >= 0.3 is 0 Å². The van der Waals surface area contributed by atoms with Gasteiger partial charge in [-0.05, 0) is 35.0 Å². The topological polar surface area (TPSA) is 42.4 Å². The van der Waals surface area contributed by atoms with Crippen LogP contribution in [-0.2, 0) is 6.61 Å². The zero-order valence-corrected chi connectivity index (χ0v) is 12.4. The van der Waals surface area contributed by atoms with Crippen molar-refractivity contribution in [3.63, 3.8) is 0 Å². The molecule has 112 valence electrons. The molecule has 3 heteroatoms. The first-order valence-electron chi connectivity index (χ1n) is 7.49. The van der Waals surface area contributed by atoms with Crippen LogP contribution in [0.15, 0.2) is 72.8 Å². The maximum atomic E-state index is 9.90. The van der Waals surface area contributed by atoms with Crippen LogP contribution in [0.5, 0.6) is 11.5 Å². The number of para-hydroxylation sites is 1. The Morgan fingerprint density at radius 2 is 1.57 bits per heavy atom. The highest BCUT2D eigenvalue weighted by Gasteiger charge is 2.04. The highest BCUT2D eigenvalue weighted by atomic mass is 16.5. The van der Waals surface area contributed by atoms with Gasteiger partial charge in [0.2, 0.25) is 0 Å². The van der Waals surface area contributed by atoms with E-state index in [1.807, 2.05) is 54.6 Å². The highest BCUT2D eigenvalue weighted by Crippen LogP contribution is 2.24. The maximum absolute atomic E-state index is 9.90. The molecule has 0 bridgehead atoms. The molecule has 3 aromatic carbocycles. The first-order chi connectivity index (χ1) is 11.3. The summed E-state index contributed by atoms with van der Waals surface area (Å²) < 4.78 is 5.84. The van der Waals surface area contributed by atoms with Gasteiger partial charge in [-0.25, -0.2) is 4.98 Å². The molecule has 23 heavy (non-hydrogen) atoms. The lowest BCUT2D eigenvalue weighted by atomic mass is 10.1. The molecule has 4 rings (SSSR count). The van der Waals surface area contributed by atoms with Gasteiger partial charge in [0, 0.05) is 5.39 Å². The Kier molecular flexibility index (Phi) is 3.31. The van der Waals surface area contributed by atoms with Crippen LogP contribution >= 0.6 is 0 Å². The van der Waals surface area contributed by atoms with Crippen LogP contribution in [0.3, 0.4) is 0 Å². The third-order valence-electron chi connectivity index (χ3n) is 3.86. The lowest BCUT2D eigenvalue weighted by molar-refractivity contribution is 0.302. The Bertz CT molecular complexity index is 995. The molecule has 1 heterocycles. The van der Waals surface area contributed by atoms with Gasteiger partial charge in [-0.15, -0.1) is 0 Å². The van der Waals surface area contributed by atoms with Crippen LogP contribution in [0.2, 0.25) is 0 Å². The first-order valence-corrected chi connectivity index (χ1v) is 7.49.